The standard InChI is InChI=1S/C19H20F3N3O2/c1-11(2)24(13-8-9-13)18(27)17-16(26)10-12(3)25(23-17)15-7-5-4-6-14(15)19(20,21)22/h4-7,10-11,13H,8-9H2,1-3H3. The zero-order valence-corrected chi connectivity index (χ0v) is 15.2. The van der Waals surface area contributed by atoms with E-state index in [9.17, 15) is 22.8 Å². The number of amides is 1. The molecule has 1 amide bonds. The molecule has 0 N–H and O–H groups in total. The summed E-state index contributed by atoms with van der Waals surface area (Å²) in [6, 6.07) is 6.02. The summed E-state index contributed by atoms with van der Waals surface area (Å²) in [6.45, 7) is 5.15. The van der Waals surface area contributed by atoms with Gasteiger partial charge in [-0.2, -0.15) is 18.3 Å². The summed E-state index contributed by atoms with van der Waals surface area (Å²) in [6.07, 6.45) is -2.89. The third kappa shape index (κ3) is 3.74. The van der Waals surface area contributed by atoms with Crippen LogP contribution in [0.2, 0.25) is 0 Å². The third-order valence-corrected chi connectivity index (χ3v) is 4.48. The Hall–Kier alpha value is -2.64. The largest absolute Gasteiger partial charge is 0.418 e. The molecule has 144 valence electrons. The van der Waals surface area contributed by atoms with Gasteiger partial charge in [0.25, 0.3) is 5.91 Å². The quantitative estimate of drug-likeness (QED) is 0.816. The molecule has 0 spiro atoms. The van der Waals surface area contributed by atoms with Gasteiger partial charge >= 0.3 is 6.18 Å². The van der Waals surface area contributed by atoms with E-state index >= 15 is 0 Å². The van der Waals surface area contributed by atoms with Crippen LogP contribution in [0.1, 0.15) is 48.4 Å². The molecule has 0 atom stereocenters. The lowest BCUT2D eigenvalue weighted by Crippen LogP contribution is -2.42. The van der Waals surface area contributed by atoms with Crippen LogP contribution in [0.4, 0.5) is 13.2 Å². The van der Waals surface area contributed by atoms with Gasteiger partial charge in [-0.25, -0.2) is 4.68 Å². The number of hydrogen-bond donors (Lipinski definition) is 0. The average Bonchev–Trinajstić information content (AvgIpc) is 3.38. The zero-order valence-electron chi connectivity index (χ0n) is 15.2. The molecule has 0 aliphatic heterocycles. The van der Waals surface area contributed by atoms with Crippen molar-refractivity contribution in [2.75, 3.05) is 0 Å². The molecule has 1 fully saturated rings. The number of hydrogen-bond acceptors (Lipinski definition) is 3. The van der Waals surface area contributed by atoms with E-state index in [0.29, 0.717) is 0 Å². The highest BCUT2D eigenvalue weighted by atomic mass is 19.4. The van der Waals surface area contributed by atoms with Crippen LogP contribution in [-0.2, 0) is 6.18 Å². The van der Waals surface area contributed by atoms with E-state index in [-0.39, 0.29) is 29.2 Å². The average molecular weight is 379 g/mol. The summed E-state index contributed by atoms with van der Waals surface area (Å²) in [7, 11) is 0. The maximum absolute atomic E-state index is 13.4. The monoisotopic (exact) mass is 379 g/mol. The molecule has 1 saturated carbocycles. The third-order valence-electron chi connectivity index (χ3n) is 4.48. The van der Waals surface area contributed by atoms with Gasteiger partial charge in [0.15, 0.2) is 5.69 Å². The fraction of sp³-hybridized carbons (Fsp3) is 0.421. The predicted molar refractivity (Wildman–Crippen MR) is 93.9 cm³/mol. The van der Waals surface area contributed by atoms with Crippen molar-refractivity contribution in [2.24, 2.45) is 0 Å². The van der Waals surface area contributed by atoms with E-state index in [4.69, 9.17) is 0 Å². The first-order valence-electron chi connectivity index (χ1n) is 8.71. The molecule has 2 aromatic rings. The Morgan fingerprint density at radius 1 is 1.26 bits per heavy atom. The molecular formula is C19H20F3N3O2. The normalized spacial score (nSPS) is 14.5. The van der Waals surface area contributed by atoms with Crippen LogP contribution < -0.4 is 5.43 Å². The van der Waals surface area contributed by atoms with Gasteiger partial charge in [0, 0.05) is 23.8 Å². The van der Waals surface area contributed by atoms with Crippen LogP contribution >= 0.6 is 0 Å². The van der Waals surface area contributed by atoms with Crippen LogP contribution in [0.3, 0.4) is 0 Å². The number of aromatic nitrogens is 2. The Balaban J connectivity index is 2.14. The summed E-state index contributed by atoms with van der Waals surface area (Å²) in [5.74, 6) is -0.546. The molecule has 8 heteroatoms. The first-order chi connectivity index (χ1) is 12.6. The van der Waals surface area contributed by atoms with Crippen molar-refractivity contribution in [3.8, 4) is 5.69 Å². The second-order valence-electron chi connectivity index (χ2n) is 6.96. The number of halogens is 3. The second kappa shape index (κ2) is 6.83. The SMILES string of the molecule is Cc1cc(=O)c(C(=O)N(C(C)C)C2CC2)nn1-c1ccccc1C(F)(F)F. The first-order valence-corrected chi connectivity index (χ1v) is 8.71. The molecule has 0 unspecified atom stereocenters. The second-order valence-corrected chi connectivity index (χ2v) is 6.96. The van der Waals surface area contributed by atoms with Crippen LogP contribution in [-0.4, -0.2) is 32.7 Å². The Morgan fingerprint density at radius 3 is 2.44 bits per heavy atom. The van der Waals surface area contributed by atoms with Crippen LogP contribution in [0.15, 0.2) is 35.1 Å². The molecule has 0 saturated heterocycles. The van der Waals surface area contributed by atoms with Crippen molar-refractivity contribution in [1.82, 2.24) is 14.7 Å². The number of aryl methyl sites for hydroxylation is 1. The van der Waals surface area contributed by atoms with Gasteiger partial charge in [0.2, 0.25) is 5.43 Å². The number of rotatable bonds is 4. The van der Waals surface area contributed by atoms with E-state index in [1.165, 1.54) is 25.1 Å². The van der Waals surface area contributed by atoms with Crippen molar-refractivity contribution in [3.63, 3.8) is 0 Å². The van der Waals surface area contributed by atoms with Gasteiger partial charge < -0.3 is 4.90 Å². The topological polar surface area (TPSA) is 55.2 Å². The lowest BCUT2D eigenvalue weighted by Gasteiger charge is -2.26. The van der Waals surface area contributed by atoms with E-state index in [2.05, 4.69) is 5.10 Å². The van der Waals surface area contributed by atoms with Crippen molar-refractivity contribution in [2.45, 2.75) is 51.9 Å². The molecule has 1 heterocycles. The maximum Gasteiger partial charge on any atom is 0.418 e. The van der Waals surface area contributed by atoms with Gasteiger partial charge in [-0.1, -0.05) is 12.1 Å². The minimum Gasteiger partial charge on any atom is -0.332 e. The first kappa shape index (κ1) is 19.1. The summed E-state index contributed by atoms with van der Waals surface area (Å²) in [4.78, 5) is 26.8. The number of alkyl halides is 3. The summed E-state index contributed by atoms with van der Waals surface area (Å²) >= 11 is 0. The van der Waals surface area contributed by atoms with E-state index < -0.39 is 23.1 Å². The van der Waals surface area contributed by atoms with Crippen LogP contribution in [0.5, 0.6) is 0 Å². The highest BCUT2D eigenvalue weighted by Crippen LogP contribution is 2.34. The van der Waals surface area contributed by atoms with Gasteiger partial charge in [0.1, 0.15) is 0 Å². The van der Waals surface area contributed by atoms with E-state index in [0.717, 1.165) is 29.7 Å². The lowest BCUT2D eigenvalue weighted by atomic mass is 10.1. The van der Waals surface area contributed by atoms with Gasteiger partial charge in [-0.15, -0.1) is 0 Å². The number of para-hydroxylation sites is 1. The number of benzene rings is 1. The fourth-order valence-electron chi connectivity index (χ4n) is 3.13. The molecule has 1 aromatic heterocycles. The molecule has 0 bridgehead atoms. The highest BCUT2D eigenvalue weighted by molar-refractivity contribution is 5.92. The number of nitrogens with zero attached hydrogens (tertiary/aromatic N) is 3. The van der Waals surface area contributed by atoms with Crippen molar-refractivity contribution >= 4 is 5.91 Å². The van der Waals surface area contributed by atoms with E-state index in [1.54, 1.807) is 4.90 Å². The molecular weight excluding hydrogens is 359 g/mol. The minimum atomic E-state index is -4.59. The van der Waals surface area contributed by atoms with E-state index in [1.807, 2.05) is 13.8 Å². The van der Waals surface area contributed by atoms with Crippen molar-refractivity contribution < 1.29 is 18.0 Å². The predicted octanol–water partition coefficient (Wildman–Crippen LogP) is 3.57. The molecule has 5 nitrogen and oxygen atoms in total. The van der Waals surface area contributed by atoms with Crippen LogP contribution in [0.25, 0.3) is 5.69 Å². The molecule has 1 aliphatic carbocycles. The zero-order chi connectivity index (χ0) is 19.9. The summed E-state index contributed by atoms with van der Waals surface area (Å²) < 4.78 is 41.1. The van der Waals surface area contributed by atoms with Gasteiger partial charge in [0.05, 0.1) is 11.3 Å². The van der Waals surface area contributed by atoms with Crippen LogP contribution in [0, 0.1) is 6.92 Å². The fourth-order valence-corrected chi connectivity index (χ4v) is 3.13. The maximum atomic E-state index is 13.4. The van der Waals surface area contributed by atoms with Crippen molar-refractivity contribution in [1.29, 1.82) is 0 Å². The highest BCUT2D eigenvalue weighted by Gasteiger charge is 2.37. The number of carbonyl (C=O) groups is 1. The van der Waals surface area contributed by atoms with Crippen molar-refractivity contribution in [3.05, 3.63) is 57.5 Å². The molecule has 1 aromatic carbocycles. The Kier molecular flexibility index (Phi) is 4.84. The lowest BCUT2D eigenvalue weighted by molar-refractivity contribution is -0.137. The molecule has 1 aliphatic rings. The van der Waals surface area contributed by atoms with Gasteiger partial charge in [-0.05, 0) is 45.7 Å². The molecule has 3 rings (SSSR count). The smallest absolute Gasteiger partial charge is 0.332 e. The summed E-state index contributed by atoms with van der Waals surface area (Å²) in [5.41, 5.74) is -1.84. The minimum absolute atomic E-state index is 0.0518. The number of carbonyl (C=O) groups excluding carboxylic acids is 1. The van der Waals surface area contributed by atoms with Gasteiger partial charge in [-0.3, -0.25) is 9.59 Å². The molecule has 0 radical (unpaired) electrons. The summed E-state index contributed by atoms with van der Waals surface area (Å²) in [5, 5.41) is 4.04. The molecule has 27 heavy (non-hydrogen) atoms. The Bertz CT molecular complexity index is 929. The Morgan fingerprint density at radius 2 is 1.89 bits per heavy atom. The Labute approximate surface area is 154 Å².